The lowest BCUT2D eigenvalue weighted by Gasteiger charge is -2.16. The molecule has 90 valence electrons. The summed E-state index contributed by atoms with van der Waals surface area (Å²) in [4.78, 5) is 8.31. The van der Waals surface area contributed by atoms with Crippen LogP contribution in [-0.2, 0) is 5.54 Å². The number of hydrogen-bond acceptors (Lipinski definition) is 4. The summed E-state index contributed by atoms with van der Waals surface area (Å²) in [5.41, 5.74) is 7.01. The molecule has 2 N–H and O–H groups in total. The molecule has 16 heavy (non-hydrogen) atoms. The zero-order chi connectivity index (χ0) is 11.9. The number of hydrogen-bond donors (Lipinski definition) is 1. The summed E-state index contributed by atoms with van der Waals surface area (Å²) in [7, 11) is 2.17. The number of likely N-dealkylation sites (tertiary alicyclic amines) is 1. The van der Waals surface area contributed by atoms with Crippen LogP contribution < -0.4 is 5.73 Å². The molecule has 0 bridgehead atoms. The third-order valence-corrected chi connectivity index (χ3v) is 4.80. The van der Waals surface area contributed by atoms with E-state index in [1.54, 1.807) is 11.3 Å². The quantitative estimate of drug-likeness (QED) is 0.859. The molecule has 0 aromatic carbocycles. The van der Waals surface area contributed by atoms with Crippen LogP contribution in [0.2, 0.25) is 0 Å². The Morgan fingerprint density at radius 2 is 2.19 bits per heavy atom. The number of nitrogens with two attached hydrogens (primary N) is 1. The lowest BCUT2D eigenvalue weighted by atomic mass is 10.0. The average molecular weight is 239 g/mol. The van der Waals surface area contributed by atoms with Crippen LogP contribution in [-0.4, -0.2) is 30.0 Å². The predicted molar refractivity (Wildman–Crippen MR) is 68.9 cm³/mol. The molecular formula is C12H21N3S. The van der Waals surface area contributed by atoms with E-state index in [9.17, 15) is 0 Å². The van der Waals surface area contributed by atoms with Crippen molar-refractivity contribution in [3.05, 3.63) is 15.6 Å². The van der Waals surface area contributed by atoms with Crippen molar-refractivity contribution in [3.63, 3.8) is 0 Å². The van der Waals surface area contributed by atoms with Gasteiger partial charge in [-0.3, -0.25) is 0 Å². The number of likely N-dealkylation sites (N-methyl/N-ethyl adjacent to an activating group) is 1. The van der Waals surface area contributed by atoms with Gasteiger partial charge in [0.25, 0.3) is 0 Å². The molecule has 0 saturated carbocycles. The van der Waals surface area contributed by atoms with E-state index in [1.807, 2.05) is 0 Å². The van der Waals surface area contributed by atoms with Crippen LogP contribution in [0.25, 0.3) is 0 Å². The monoisotopic (exact) mass is 239 g/mol. The molecule has 0 amide bonds. The SMILES string of the molecule is Cc1nc(C2CCN(C)C2)sc1C(C)(C)N. The summed E-state index contributed by atoms with van der Waals surface area (Å²) >= 11 is 1.80. The second-order valence-electron chi connectivity index (χ2n) is 5.44. The summed E-state index contributed by atoms with van der Waals surface area (Å²) in [6.45, 7) is 8.50. The topological polar surface area (TPSA) is 42.2 Å². The maximum atomic E-state index is 6.16. The maximum absolute atomic E-state index is 6.16. The first kappa shape index (κ1) is 12.0. The van der Waals surface area contributed by atoms with Gasteiger partial charge < -0.3 is 10.6 Å². The van der Waals surface area contributed by atoms with Crippen LogP contribution in [0.5, 0.6) is 0 Å². The highest BCUT2D eigenvalue weighted by atomic mass is 32.1. The van der Waals surface area contributed by atoms with E-state index >= 15 is 0 Å². The molecule has 0 spiro atoms. The van der Waals surface area contributed by atoms with Gasteiger partial charge in [0.05, 0.1) is 10.7 Å². The Labute approximate surface area is 102 Å². The van der Waals surface area contributed by atoms with Gasteiger partial charge in [0.15, 0.2) is 0 Å². The first-order valence-electron chi connectivity index (χ1n) is 5.83. The van der Waals surface area contributed by atoms with Crippen molar-refractivity contribution in [3.8, 4) is 0 Å². The van der Waals surface area contributed by atoms with E-state index in [1.165, 1.54) is 22.9 Å². The maximum Gasteiger partial charge on any atom is 0.0975 e. The summed E-state index contributed by atoms with van der Waals surface area (Å²) in [5.74, 6) is 0.616. The molecule has 1 unspecified atom stereocenters. The van der Waals surface area contributed by atoms with Crippen molar-refractivity contribution in [2.75, 3.05) is 20.1 Å². The fraction of sp³-hybridized carbons (Fsp3) is 0.750. The highest BCUT2D eigenvalue weighted by Crippen LogP contribution is 2.34. The van der Waals surface area contributed by atoms with Crippen LogP contribution in [0.4, 0.5) is 0 Å². The van der Waals surface area contributed by atoms with Gasteiger partial charge >= 0.3 is 0 Å². The Hall–Kier alpha value is -0.450. The molecule has 1 aliphatic heterocycles. The van der Waals surface area contributed by atoms with E-state index in [-0.39, 0.29) is 5.54 Å². The molecule has 1 saturated heterocycles. The fourth-order valence-electron chi connectivity index (χ4n) is 2.33. The number of rotatable bonds is 2. The number of thiazole rings is 1. The van der Waals surface area contributed by atoms with Crippen molar-refractivity contribution < 1.29 is 0 Å². The second kappa shape index (κ2) is 4.09. The van der Waals surface area contributed by atoms with Crippen molar-refractivity contribution in [1.82, 2.24) is 9.88 Å². The Kier molecular flexibility index (Phi) is 3.07. The standard InChI is InChI=1S/C12H21N3S/c1-8-10(12(2,3)13)16-11(14-8)9-5-6-15(4)7-9/h9H,5-7,13H2,1-4H3. The Morgan fingerprint density at radius 1 is 1.50 bits per heavy atom. The normalized spacial score (nSPS) is 22.9. The van der Waals surface area contributed by atoms with Crippen molar-refractivity contribution in [2.45, 2.75) is 38.6 Å². The molecular weight excluding hydrogens is 218 g/mol. The zero-order valence-electron chi connectivity index (χ0n) is 10.6. The van der Waals surface area contributed by atoms with Crippen molar-refractivity contribution >= 4 is 11.3 Å². The van der Waals surface area contributed by atoms with Crippen molar-refractivity contribution in [1.29, 1.82) is 0 Å². The highest BCUT2D eigenvalue weighted by molar-refractivity contribution is 7.12. The summed E-state index contributed by atoms with van der Waals surface area (Å²) in [5, 5.41) is 1.27. The third-order valence-electron chi connectivity index (χ3n) is 3.14. The predicted octanol–water partition coefficient (Wildman–Crippen LogP) is 2.06. The molecule has 3 nitrogen and oxygen atoms in total. The van der Waals surface area contributed by atoms with Crippen LogP contribution in [0.3, 0.4) is 0 Å². The number of aromatic nitrogens is 1. The van der Waals surface area contributed by atoms with Gasteiger partial charge in [-0.2, -0.15) is 0 Å². The van der Waals surface area contributed by atoms with Gasteiger partial charge in [0, 0.05) is 22.9 Å². The molecule has 1 aromatic heterocycles. The molecule has 1 atom stereocenters. The zero-order valence-corrected chi connectivity index (χ0v) is 11.4. The van der Waals surface area contributed by atoms with Crippen LogP contribution >= 0.6 is 11.3 Å². The molecule has 1 aromatic rings. The molecule has 1 fully saturated rings. The largest absolute Gasteiger partial charge is 0.321 e. The van der Waals surface area contributed by atoms with E-state index < -0.39 is 0 Å². The molecule has 4 heteroatoms. The minimum atomic E-state index is -0.259. The molecule has 2 rings (SSSR count). The fourth-order valence-corrected chi connectivity index (χ4v) is 3.53. The van der Waals surface area contributed by atoms with Crippen molar-refractivity contribution in [2.24, 2.45) is 5.73 Å². The average Bonchev–Trinajstić information content (AvgIpc) is 2.70. The minimum absolute atomic E-state index is 0.259. The van der Waals surface area contributed by atoms with E-state index in [2.05, 4.69) is 32.7 Å². The highest BCUT2D eigenvalue weighted by Gasteiger charge is 2.27. The molecule has 0 radical (unpaired) electrons. The third kappa shape index (κ3) is 2.29. The molecule has 2 heterocycles. The first-order chi connectivity index (χ1) is 7.38. The number of aryl methyl sites for hydroxylation is 1. The Morgan fingerprint density at radius 3 is 2.62 bits per heavy atom. The van der Waals surface area contributed by atoms with E-state index in [0.717, 1.165) is 12.2 Å². The first-order valence-corrected chi connectivity index (χ1v) is 6.65. The lowest BCUT2D eigenvalue weighted by Crippen LogP contribution is -2.28. The molecule has 0 aliphatic carbocycles. The van der Waals surface area contributed by atoms with Crippen LogP contribution in [0.15, 0.2) is 0 Å². The molecule has 1 aliphatic rings. The van der Waals surface area contributed by atoms with Crippen LogP contribution in [0, 0.1) is 6.92 Å². The number of nitrogens with zero attached hydrogens (tertiary/aromatic N) is 2. The smallest absolute Gasteiger partial charge is 0.0975 e. The van der Waals surface area contributed by atoms with Gasteiger partial charge in [0.1, 0.15) is 0 Å². The van der Waals surface area contributed by atoms with Crippen LogP contribution in [0.1, 0.15) is 41.8 Å². The van der Waals surface area contributed by atoms with Gasteiger partial charge in [-0.05, 0) is 40.8 Å². The lowest BCUT2D eigenvalue weighted by molar-refractivity contribution is 0.411. The van der Waals surface area contributed by atoms with Gasteiger partial charge in [-0.15, -0.1) is 11.3 Å². The van der Waals surface area contributed by atoms with Gasteiger partial charge in [-0.1, -0.05) is 0 Å². The summed E-state index contributed by atoms with van der Waals surface area (Å²) < 4.78 is 0. The van der Waals surface area contributed by atoms with E-state index in [4.69, 9.17) is 10.7 Å². The van der Waals surface area contributed by atoms with Gasteiger partial charge in [-0.25, -0.2) is 4.98 Å². The minimum Gasteiger partial charge on any atom is -0.321 e. The Balaban J connectivity index is 2.24. The summed E-state index contributed by atoms with van der Waals surface area (Å²) in [6.07, 6.45) is 1.23. The van der Waals surface area contributed by atoms with Gasteiger partial charge in [0.2, 0.25) is 0 Å². The second-order valence-corrected chi connectivity index (χ2v) is 6.47. The van der Waals surface area contributed by atoms with E-state index in [0.29, 0.717) is 5.92 Å². The summed E-state index contributed by atoms with van der Waals surface area (Å²) in [6, 6.07) is 0. The Bertz CT molecular complexity index is 378.